The van der Waals surface area contributed by atoms with Crippen molar-refractivity contribution >= 4 is 30.7 Å². The Labute approximate surface area is 129 Å². The van der Waals surface area contributed by atoms with Gasteiger partial charge in [0.1, 0.15) is 0 Å². The molecule has 6 heteroatoms. The number of halogens is 2. The average Bonchev–Trinajstić information content (AvgIpc) is 2.32. The highest BCUT2D eigenvalue weighted by Crippen LogP contribution is 2.10. The first-order valence-corrected chi connectivity index (χ1v) is 6.45. The normalized spacial score (nSPS) is 17.8. The van der Waals surface area contributed by atoms with Crippen molar-refractivity contribution in [3.05, 3.63) is 12.7 Å². The molecule has 0 bridgehead atoms. The number of nitrogens with one attached hydrogen (secondary N) is 2. The second kappa shape index (κ2) is 11.5. The lowest BCUT2D eigenvalue weighted by molar-refractivity contribution is -0.125. The third-order valence-electron chi connectivity index (χ3n) is 3.28. The molecule has 1 heterocycles. The van der Waals surface area contributed by atoms with E-state index in [4.69, 9.17) is 0 Å². The van der Waals surface area contributed by atoms with Crippen molar-refractivity contribution in [1.82, 2.24) is 15.5 Å². The van der Waals surface area contributed by atoms with Crippen molar-refractivity contribution in [3.8, 4) is 0 Å². The highest BCUT2D eigenvalue weighted by atomic mass is 35.5. The Bertz CT molecular complexity index is 256. The highest BCUT2D eigenvalue weighted by Gasteiger charge is 2.21. The summed E-state index contributed by atoms with van der Waals surface area (Å²) in [5.41, 5.74) is 0. The SMILES string of the molecule is C=CCN1CCC(NC(=O)C(C)CNC)CC1.Cl.Cl. The van der Waals surface area contributed by atoms with Crippen LogP contribution in [0.25, 0.3) is 0 Å². The zero-order valence-corrected chi connectivity index (χ0v) is 13.5. The summed E-state index contributed by atoms with van der Waals surface area (Å²) < 4.78 is 0. The van der Waals surface area contributed by atoms with Crippen LogP contribution in [-0.4, -0.2) is 50.1 Å². The van der Waals surface area contributed by atoms with Crippen LogP contribution in [0.5, 0.6) is 0 Å². The summed E-state index contributed by atoms with van der Waals surface area (Å²) in [6, 6.07) is 0.350. The minimum Gasteiger partial charge on any atom is -0.353 e. The van der Waals surface area contributed by atoms with E-state index in [1.165, 1.54) is 0 Å². The first-order valence-electron chi connectivity index (χ1n) is 6.45. The number of hydrogen-bond acceptors (Lipinski definition) is 3. The smallest absolute Gasteiger partial charge is 0.224 e. The van der Waals surface area contributed by atoms with Crippen LogP contribution < -0.4 is 10.6 Å². The molecular weight excluding hydrogens is 285 g/mol. The number of hydrogen-bond donors (Lipinski definition) is 2. The van der Waals surface area contributed by atoms with Crippen LogP contribution in [0, 0.1) is 5.92 Å². The van der Waals surface area contributed by atoms with E-state index in [-0.39, 0.29) is 36.6 Å². The Morgan fingerprint density at radius 2 is 2.00 bits per heavy atom. The molecule has 0 spiro atoms. The minimum absolute atomic E-state index is 0. The Morgan fingerprint density at radius 3 is 2.47 bits per heavy atom. The molecule has 114 valence electrons. The van der Waals surface area contributed by atoms with Crippen LogP contribution in [0.15, 0.2) is 12.7 Å². The van der Waals surface area contributed by atoms with Gasteiger partial charge >= 0.3 is 0 Å². The van der Waals surface area contributed by atoms with Gasteiger partial charge in [-0.3, -0.25) is 9.69 Å². The molecule has 0 saturated carbocycles. The largest absolute Gasteiger partial charge is 0.353 e. The van der Waals surface area contributed by atoms with Gasteiger partial charge in [0.2, 0.25) is 5.91 Å². The predicted molar refractivity (Wildman–Crippen MR) is 85.4 cm³/mol. The average molecular weight is 312 g/mol. The van der Waals surface area contributed by atoms with Gasteiger partial charge in [0.25, 0.3) is 0 Å². The van der Waals surface area contributed by atoms with Crippen molar-refractivity contribution in [2.24, 2.45) is 5.92 Å². The molecule has 1 unspecified atom stereocenters. The lowest BCUT2D eigenvalue weighted by atomic mass is 10.0. The Kier molecular flexibility index (Phi) is 12.8. The van der Waals surface area contributed by atoms with Gasteiger partial charge in [0, 0.05) is 38.1 Å². The topological polar surface area (TPSA) is 44.4 Å². The fourth-order valence-corrected chi connectivity index (χ4v) is 2.18. The number of rotatable bonds is 6. The van der Waals surface area contributed by atoms with Crippen LogP contribution in [0.3, 0.4) is 0 Å². The van der Waals surface area contributed by atoms with Crippen LogP contribution in [0.1, 0.15) is 19.8 Å². The van der Waals surface area contributed by atoms with E-state index in [0.29, 0.717) is 6.04 Å². The van der Waals surface area contributed by atoms with Gasteiger partial charge in [-0.05, 0) is 19.9 Å². The zero-order valence-electron chi connectivity index (χ0n) is 11.9. The van der Waals surface area contributed by atoms with Crippen LogP contribution >= 0.6 is 24.8 Å². The van der Waals surface area contributed by atoms with E-state index >= 15 is 0 Å². The second-order valence-corrected chi connectivity index (χ2v) is 4.83. The van der Waals surface area contributed by atoms with E-state index < -0.39 is 0 Å². The summed E-state index contributed by atoms with van der Waals surface area (Å²) in [5, 5.41) is 6.16. The molecule has 19 heavy (non-hydrogen) atoms. The Hall–Kier alpha value is -0.290. The van der Waals surface area contributed by atoms with E-state index in [9.17, 15) is 4.79 Å². The molecular formula is C13H27Cl2N3O. The molecule has 1 amide bonds. The lowest BCUT2D eigenvalue weighted by Gasteiger charge is -2.32. The van der Waals surface area contributed by atoms with Crippen molar-refractivity contribution in [2.75, 3.05) is 33.2 Å². The van der Waals surface area contributed by atoms with E-state index in [2.05, 4.69) is 22.1 Å². The third-order valence-corrected chi connectivity index (χ3v) is 3.28. The second-order valence-electron chi connectivity index (χ2n) is 4.83. The number of likely N-dealkylation sites (tertiary alicyclic amines) is 1. The number of piperidine rings is 1. The summed E-state index contributed by atoms with van der Waals surface area (Å²) >= 11 is 0. The van der Waals surface area contributed by atoms with Gasteiger partial charge in [-0.15, -0.1) is 31.4 Å². The van der Waals surface area contributed by atoms with Crippen molar-refractivity contribution in [3.63, 3.8) is 0 Å². The van der Waals surface area contributed by atoms with Crippen LogP contribution in [0.4, 0.5) is 0 Å². The molecule has 0 aromatic heterocycles. The quantitative estimate of drug-likeness (QED) is 0.730. The van der Waals surface area contributed by atoms with Crippen molar-refractivity contribution in [1.29, 1.82) is 0 Å². The summed E-state index contributed by atoms with van der Waals surface area (Å²) in [6.07, 6.45) is 4.03. The Balaban J connectivity index is 0. The maximum absolute atomic E-state index is 11.8. The van der Waals surface area contributed by atoms with Gasteiger partial charge in [-0.2, -0.15) is 0 Å². The Morgan fingerprint density at radius 1 is 1.42 bits per heavy atom. The molecule has 4 nitrogen and oxygen atoms in total. The summed E-state index contributed by atoms with van der Waals surface area (Å²) in [5.74, 6) is 0.215. The molecule has 0 radical (unpaired) electrons. The van der Waals surface area contributed by atoms with Gasteiger partial charge in [-0.25, -0.2) is 0 Å². The molecule has 2 N–H and O–H groups in total. The first kappa shape index (κ1) is 21.0. The van der Waals surface area contributed by atoms with E-state index in [1.807, 2.05) is 20.0 Å². The molecule has 1 atom stereocenters. The third kappa shape index (κ3) is 7.78. The molecule has 1 aliphatic rings. The lowest BCUT2D eigenvalue weighted by Crippen LogP contribution is -2.47. The molecule has 1 fully saturated rings. The molecule has 1 aliphatic heterocycles. The molecule has 1 saturated heterocycles. The fraction of sp³-hybridized carbons (Fsp3) is 0.769. The van der Waals surface area contributed by atoms with Crippen LogP contribution in [-0.2, 0) is 4.79 Å². The standard InChI is InChI=1S/C13H25N3O.2ClH/c1-4-7-16-8-5-12(6-9-16)15-13(17)11(2)10-14-3;;/h4,11-12,14H,1,5-10H2,2-3H3,(H,15,17);2*1H. The van der Waals surface area contributed by atoms with Crippen molar-refractivity contribution < 1.29 is 4.79 Å². The maximum atomic E-state index is 11.8. The number of carbonyl (C=O) groups is 1. The fourth-order valence-electron chi connectivity index (χ4n) is 2.18. The molecule has 0 aromatic carbocycles. The number of amides is 1. The predicted octanol–water partition coefficient (Wildman–Crippen LogP) is 1.45. The highest BCUT2D eigenvalue weighted by molar-refractivity contribution is 5.85. The number of carbonyl (C=O) groups excluding carboxylic acids is 1. The molecule has 0 aromatic rings. The van der Waals surface area contributed by atoms with Gasteiger partial charge < -0.3 is 10.6 Å². The van der Waals surface area contributed by atoms with E-state index in [0.717, 1.165) is 39.0 Å². The van der Waals surface area contributed by atoms with Crippen molar-refractivity contribution in [2.45, 2.75) is 25.8 Å². The summed E-state index contributed by atoms with van der Waals surface area (Å²) in [7, 11) is 1.87. The van der Waals surface area contributed by atoms with Gasteiger partial charge in [0.15, 0.2) is 0 Å². The maximum Gasteiger partial charge on any atom is 0.224 e. The van der Waals surface area contributed by atoms with Gasteiger partial charge in [0.05, 0.1) is 0 Å². The summed E-state index contributed by atoms with van der Waals surface area (Å²) in [6.45, 7) is 9.50. The molecule has 0 aliphatic carbocycles. The molecule has 1 rings (SSSR count). The minimum atomic E-state index is 0. The van der Waals surface area contributed by atoms with Gasteiger partial charge in [-0.1, -0.05) is 13.0 Å². The first-order chi connectivity index (χ1) is 8.17. The summed E-state index contributed by atoms with van der Waals surface area (Å²) in [4.78, 5) is 14.2. The van der Waals surface area contributed by atoms with E-state index in [1.54, 1.807) is 0 Å². The monoisotopic (exact) mass is 311 g/mol. The van der Waals surface area contributed by atoms with Crippen LogP contribution in [0.2, 0.25) is 0 Å². The number of nitrogens with zero attached hydrogens (tertiary/aromatic N) is 1. The zero-order chi connectivity index (χ0) is 12.7.